The van der Waals surface area contributed by atoms with Crippen molar-refractivity contribution in [3.63, 3.8) is 0 Å². The number of aromatic hydroxyl groups is 1. The molecule has 1 heterocycles. The quantitative estimate of drug-likeness (QED) is 0.804. The standard InChI is InChI=1S/C15H21NO.C9H12O2/c1-17-15-6-5-14-11-16(8-7-13(14)9-15)10-12-3-2-4-12;1-3-7-4-5-9(11-2)8(10)6-7/h5-6,9,12H,2-4,7-8,10-11H2,1H3;4-6,10H,3H2,1-2H3. The molecule has 0 bridgehead atoms. The van der Waals surface area contributed by atoms with Gasteiger partial charge in [0.05, 0.1) is 14.2 Å². The van der Waals surface area contributed by atoms with Crippen LogP contribution in [0.25, 0.3) is 0 Å². The molecule has 0 spiro atoms. The average Bonchev–Trinajstić information content (AvgIpc) is 2.70. The Kier molecular flexibility index (Phi) is 7.21. The van der Waals surface area contributed by atoms with Gasteiger partial charge >= 0.3 is 0 Å². The fourth-order valence-corrected chi connectivity index (χ4v) is 3.87. The molecule has 0 saturated heterocycles. The fourth-order valence-electron chi connectivity index (χ4n) is 3.87. The highest BCUT2D eigenvalue weighted by Crippen LogP contribution is 2.30. The number of benzene rings is 2. The van der Waals surface area contributed by atoms with Crippen molar-refractivity contribution < 1.29 is 14.6 Å². The summed E-state index contributed by atoms with van der Waals surface area (Å²) >= 11 is 0. The average molecular weight is 384 g/mol. The number of aryl methyl sites for hydroxylation is 1. The van der Waals surface area contributed by atoms with E-state index in [2.05, 4.69) is 23.1 Å². The number of rotatable bonds is 5. The Morgan fingerprint density at radius 2 is 1.86 bits per heavy atom. The van der Waals surface area contributed by atoms with Crippen molar-refractivity contribution in [2.24, 2.45) is 5.92 Å². The van der Waals surface area contributed by atoms with Crippen LogP contribution in [0.1, 0.15) is 42.9 Å². The number of hydrogen-bond acceptors (Lipinski definition) is 4. The van der Waals surface area contributed by atoms with Crippen LogP contribution < -0.4 is 9.47 Å². The summed E-state index contributed by atoms with van der Waals surface area (Å²) in [5.74, 6) is 2.72. The maximum Gasteiger partial charge on any atom is 0.160 e. The lowest BCUT2D eigenvalue weighted by molar-refractivity contribution is 0.165. The van der Waals surface area contributed by atoms with Gasteiger partial charge in [-0.2, -0.15) is 0 Å². The Hall–Kier alpha value is -2.20. The Labute approximate surface area is 169 Å². The van der Waals surface area contributed by atoms with Crippen LogP contribution >= 0.6 is 0 Å². The van der Waals surface area contributed by atoms with E-state index in [1.165, 1.54) is 49.9 Å². The predicted octanol–water partition coefficient (Wildman–Crippen LogP) is 4.82. The molecular formula is C24H33NO3. The molecule has 1 aliphatic heterocycles. The molecular weight excluding hydrogens is 350 g/mol. The molecule has 2 aromatic rings. The molecule has 2 aliphatic rings. The Morgan fingerprint density at radius 1 is 1.04 bits per heavy atom. The molecule has 1 aliphatic carbocycles. The molecule has 0 radical (unpaired) electrons. The Balaban J connectivity index is 0.000000178. The summed E-state index contributed by atoms with van der Waals surface area (Å²) in [5.41, 5.74) is 4.09. The van der Waals surface area contributed by atoms with Gasteiger partial charge in [-0.1, -0.05) is 25.5 Å². The van der Waals surface area contributed by atoms with Crippen molar-refractivity contribution in [2.45, 2.75) is 45.6 Å². The van der Waals surface area contributed by atoms with Crippen molar-refractivity contribution in [1.29, 1.82) is 0 Å². The van der Waals surface area contributed by atoms with Gasteiger partial charge in [-0.05, 0) is 72.6 Å². The maximum atomic E-state index is 9.30. The molecule has 0 amide bonds. The number of fused-ring (bicyclic) bond motifs is 1. The minimum atomic E-state index is 0.215. The zero-order valence-corrected chi connectivity index (χ0v) is 17.4. The van der Waals surface area contributed by atoms with Crippen LogP contribution in [0.15, 0.2) is 36.4 Å². The summed E-state index contributed by atoms with van der Waals surface area (Å²) in [6, 6.07) is 12.0. The summed E-state index contributed by atoms with van der Waals surface area (Å²) in [4.78, 5) is 2.62. The SMILES string of the molecule is CCc1ccc(OC)c(O)c1.COc1ccc2c(c1)CCN(CC1CCC1)C2. The van der Waals surface area contributed by atoms with E-state index < -0.39 is 0 Å². The molecule has 28 heavy (non-hydrogen) atoms. The summed E-state index contributed by atoms with van der Waals surface area (Å²) in [7, 11) is 3.29. The Morgan fingerprint density at radius 3 is 2.46 bits per heavy atom. The number of methoxy groups -OCH3 is 2. The van der Waals surface area contributed by atoms with E-state index in [0.717, 1.165) is 30.2 Å². The molecule has 4 rings (SSSR count). The number of nitrogens with zero attached hydrogens (tertiary/aromatic N) is 1. The summed E-state index contributed by atoms with van der Waals surface area (Å²) < 4.78 is 10.2. The molecule has 4 heteroatoms. The van der Waals surface area contributed by atoms with Gasteiger partial charge in [0.25, 0.3) is 0 Å². The second-order valence-electron chi connectivity index (χ2n) is 7.78. The van der Waals surface area contributed by atoms with E-state index >= 15 is 0 Å². The van der Waals surface area contributed by atoms with Crippen LogP contribution in [0.5, 0.6) is 17.2 Å². The number of ether oxygens (including phenoxy) is 2. The molecule has 152 valence electrons. The van der Waals surface area contributed by atoms with Gasteiger partial charge in [-0.15, -0.1) is 0 Å². The second kappa shape index (κ2) is 9.83. The van der Waals surface area contributed by atoms with Crippen molar-refractivity contribution >= 4 is 0 Å². The highest BCUT2D eigenvalue weighted by molar-refractivity contribution is 5.41. The maximum absolute atomic E-state index is 9.30. The van der Waals surface area contributed by atoms with Gasteiger partial charge in [-0.25, -0.2) is 0 Å². The van der Waals surface area contributed by atoms with Crippen molar-refractivity contribution in [3.8, 4) is 17.2 Å². The molecule has 4 nitrogen and oxygen atoms in total. The summed E-state index contributed by atoms with van der Waals surface area (Å²) in [6.07, 6.45) is 6.46. The number of phenolic OH excluding ortho intramolecular Hbond substituents is 1. The van der Waals surface area contributed by atoms with Crippen LogP contribution in [0.3, 0.4) is 0 Å². The van der Waals surface area contributed by atoms with E-state index in [0.29, 0.717) is 5.75 Å². The van der Waals surface area contributed by atoms with Gasteiger partial charge in [0, 0.05) is 19.6 Å². The minimum Gasteiger partial charge on any atom is -0.504 e. The third-order valence-corrected chi connectivity index (χ3v) is 5.90. The van der Waals surface area contributed by atoms with Gasteiger partial charge in [0.2, 0.25) is 0 Å². The van der Waals surface area contributed by atoms with Gasteiger partial charge in [0.15, 0.2) is 11.5 Å². The van der Waals surface area contributed by atoms with Crippen LogP contribution in [0, 0.1) is 5.92 Å². The molecule has 1 fully saturated rings. The molecule has 0 unspecified atom stereocenters. The monoisotopic (exact) mass is 383 g/mol. The lowest BCUT2D eigenvalue weighted by atomic mass is 9.84. The number of phenols is 1. The van der Waals surface area contributed by atoms with Crippen LogP contribution in [-0.2, 0) is 19.4 Å². The normalized spacial score (nSPS) is 16.4. The fraction of sp³-hybridized carbons (Fsp3) is 0.500. The van der Waals surface area contributed by atoms with E-state index in [4.69, 9.17) is 9.47 Å². The minimum absolute atomic E-state index is 0.215. The first-order chi connectivity index (χ1) is 13.6. The first-order valence-corrected chi connectivity index (χ1v) is 10.4. The molecule has 0 atom stereocenters. The second-order valence-corrected chi connectivity index (χ2v) is 7.78. The molecule has 0 aromatic heterocycles. The first kappa shape index (κ1) is 20.5. The predicted molar refractivity (Wildman–Crippen MR) is 113 cm³/mol. The zero-order valence-electron chi connectivity index (χ0n) is 17.4. The van der Waals surface area contributed by atoms with Crippen LogP contribution in [0.2, 0.25) is 0 Å². The van der Waals surface area contributed by atoms with E-state index in [-0.39, 0.29) is 5.75 Å². The molecule has 1 N–H and O–H groups in total. The van der Waals surface area contributed by atoms with E-state index in [1.807, 2.05) is 13.0 Å². The van der Waals surface area contributed by atoms with Crippen molar-refractivity contribution in [2.75, 3.05) is 27.3 Å². The first-order valence-electron chi connectivity index (χ1n) is 10.4. The molecule has 1 saturated carbocycles. The van der Waals surface area contributed by atoms with Gasteiger partial charge in [-0.3, -0.25) is 4.90 Å². The highest BCUT2D eigenvalue weighted by Gasteiger charge is 2.23. The van der Waals surface area contributed by atoms with Gasteiger partial charge < -0.3 is 14.6 Å². The topological polar surface area (TPSA) is 41.9 Å². The molecule has 2 aromatic carbocycles. The third kappa shape index (κ3) is 5.20. The van der Waals surface area contributed by atoms with Crippen molar-refractivity contribution in [1.82, 2.24) is 4.90 Å². The lowest BCUT2D eigenvalue weighted by Gasteiger charge is -2.35. The largest absolute Gasteiger partial charge is 0.504 e. The summed E-state index contributed by atoms with van der Waals surface area (Å²) in [6.45, 7) is 5.71. The van der Waals surface area contributed by atoms with Crippen molar-refractivity contribution in [3.05, 3.63) is 53.1 Å². The third-order valence-electron chi connectivity index (χ3n) is 5.90. The van der Waals surface area contributed by atoms with Crippen LogP contribution in [0.4, 0.5) is 0 Å². The van der Waals surface area contributed by atoms with E-state index in [9.17, 15) is 5.11 Å². The number of hydrogen-bond donors (Lipinski definition) is 1. The summed E-state index contributed by atoms with van der Waals surface area (Å²) in [5, 5.41) is 9.30. The Bertz CT molecular complexity index is 770. The van der Waals surface area contributed by atoms with Gasteiger partial charge in [0.1, 0.15) is 5.75 Å². The zero-order chi connectivity index (χ0) is 19.9. The smallest absolute Gasteiger partial charge is 0.160 e. The van der Waals surface area contributed by atoms with E-state index in [1.54, 1.807) is 26.4 Å². The highest BCUT2D eigenvalue weighted by atomic mass is 16.5. The lowest BCUT2D eigenvalue weighted by Crippen LogP contribution is -2.36. The van der Waals surface area contributed by atoms with Crippen LogP contribution in [-0.4, -0.2) is 37.3 Å².